The number of allylic oxidation sites excluding steroid dienone is 1. The van der Waals surface area contributed by atoms with Crippen molar-refractivity contribution in [2.45, 2.75) is 26.2 Å². The quantitative estimate of drug-likeness (QED) is 0.330. The first-order valence-corrected chi connectivity index (χ1v) is 9.14. The fourth-order valence-corrected chi connectivity index (χ4v) is 3.73. The van der Waals surface area contributed by atoms with E-state index in [0.717, 1.165) is 16.9 Å². The minimum absolute atomic E-state index is 0.166. The van der Waals surface area contributed by atoms with Crippen molar-refractivity contribution >= 4 is 23.1 Å². The number of benzene rings is 2. The molecule has 0 radical (unpaired) electrons. The number of carbonyl (C=O) groups is 2. The van der Waals surface area contributed by atoms with Gasteiger partial charge in [-0.2, -0.15) is 0 Å². The van der Waals surface area contributed by atoms with Crippen molar-refractivity contribution in [3.05, 3.63) is 81.0 Å². The van der Waals surface area contributed by atoms with Crippen molar-refractivity contribution in [1.29, 1.82) is 0 Å². The molecule has 3 rings (SSSR count). The highest BCUT2D eigenvalue weighted by atomic mass is 16.6. The van der Waals surface area contributed by atoms with Crippen molar-refractivity contribution in [3.63, 3.8) is 0 Å². The molecule has 0 bridgehead atoms. The van der Waals surface area contributed by atoms with Gasteiger partial charge < -0.3 is 9.64 Å². The van der Waals surface area contributed by atoms with E-state index >= 15 is 0 Å². The molecule has 0 aromatic heterocycles. The van der Waals surface area contributed by atoms with Crippen molar-refractivity contribution in [2.75, 3.05) is 18.6 Å². The Morgan fingerprint density at radius 3 is 2.52 bits per heavy atom. The Kier molecular flexibility index (Phi) is 5.24. The van der Waals surface area contributed by atoms with E-state index in [0.29, 0.717) is 5.56 Å². The number of nitrogens with zero attached hydrogens (tertiary/aromatic N) is 2. The lowest BCUT2D eigenvalue weighted by molar-refractivity contribution is -0.385. The van der Waals surface area contributed by atoms with Gasteiger partial charge >= 0.3 is 5.97 Å². The number of ether oxygens (including phenoxy) is 1. The number of likely N-dealkylation sites (N-methyl/N-ethyl adjacent to an activating group) is 1. The molecule has 0 amide bonds. The Balaban J connectivity index is 1.77. The minimum Gasteiger partial charge on any atom is -0.454 e. The standard InChI is InChI=1S/C22H22N2O5/c1-14-8-7-9-16(20(14)24(27)28)21(26)29-13-15(25)12-19-22(2,3)17-10-5-6-11-18(17)23(19)4/h5-12H,13H2,1-4H3/b19-12-. The van der Waals surface area contributed by atoms with Crippen LogP contribution < -0.4 is 4.90 Å². The normalized spacial score (nSPS) is 15.9. The molecule has 1 aliphatic heterocycles. The van der Waals surface area contributed by atoms with Crippen LogP contribution in [0.4, 0.5) is 11.4 Å². The Morgan fingerprint density at radius 1 is 1.17 bits per heavy atom. The predicted octanol–water partition coefficient (Wildman–Crippen LogP) is 3.94. The highest BCUT2D eigenvalue weighted by molar-refractivity contribution is 5.98. The van der Waals surface area contributed by atoms with Crippen molar-refractivity contribution < 1.29 is 19.2 Å². The molecule has 0 fully saturated rings. The summed E-state index contributed by atoms with van der Waals surface area (Å²) in [7, 11) is 1.88. The van der Waals surface area contributed by atoms with Crippen molar-refractivity contribution in [1.82, 2.24) is 0 Å². The molecule has 7 nitrogen and oxygen atoms in total. The van der Waals surface area contributed by atoms with Crippen molar-refractivity contribution in [2.24, 2.45) is 0 Å². The summed E-state index contributed by atoms with van der Waals surface area (Å²) in [6.07, 6.45) is 1.47. The van der Waals surface area contributed by atoms with Gasteiger partial charge in [0.15, 0.2) is 12.4 Å². The summed E-state index contributed by atoms with van der Waals surface area (Å²) in [5, 5.41) is 11.2. The van der Waals surface area contributed by atoms with Gasteiger partial charge in [-0.15, -0.1) is 0 Å². The smallest absolute Gasteiger partial charge is 0.345 e. The maximum atomic E-state index is 12.5. The van der Waals surface area contributed by atoms with E-state index in [1.807, 2.05) is 50.1 Å². The van der Waals surface area contributed by atoms with Crippen LogP contribution in [0.3, 0.4) is 0 Å². The number of hydrogen-bond acceptors (Lipinski definition) is 6. The van der Waals surface area contributed by atoms with Gasteiger partial charge in [0.2, 0.25) is 0 Å². The van der Waals surface area contributed by atoms with Crippen LogP contribution in [0.5, 0.6) is 0 Å². The summed E-state index contributed by atoms with van der Waals surface area (Å²) in [5.74, 6) is -1.29. The first kappa shape index (κ1) is 20.3. The molecule has 2 aromatic carbocycles. The van der Waals surface area contributed by atoms with Gasteiger partial charge in [-0.25, -0.2) is 4.79 Å². The first-order valence-electron chi connectivity index (χ1n) is 9.14. The second-order valence-corrected chi connectivity index (χ2v) is 7.50. The molecule has 0 saturated heterocycles. The van der Waals surface area contributed by atoms with Crippen LogP contribution in [-0.2, 0) is 14.9 Å². The number of para-hydroxylation sites is 2. The van der Waals surface area contributed by atoms with Crippen LogP contribution in [0.25, 0.3) is 0 Å². The molecule has 1 aliphatic rings. The van der Waals surface area contributed by atoms with E-state index in [1.54, 1.807) is 13.0 Å². The molecule has 150 valence electrons. The summed E-state index contributed by atoms with van der Waals surface area (Å²) >= 11 is 0. The third kappa shape index (κ3) is 3.63. The van der Waals surface area contributed by atoms with E-state index in [-0.39, 0.29) is 16.7 Å². The molecular formula is C22H22N2O5. The number of esters is 1. The van der Waals surface area contributed by atoms with E-state index in [2.05, 4.69) is 0 Å². The number of fused-ring (bicyclic) bond motifs is 1. The van der Waals surface area contributed by atoms with Gasteiger partial charge in [-0.3, -0.25) is 14.9 Å². The molecule has 2 aromatic rings. The lowest BCUT2D eigenvalue weighted by atomic mass is 9.83. The zero-order chi connectivity index (χ0) is 21.3. The number of rotatable bonds is 5. The van der Waals surface area contributed by atoms with Crippen molar-refractivity contribution in [3.8, 4) is 0 Å². The molecule has 0 atom stereocenters. The van der Waals surface area contributed by atoms with Gasteiger partial charge in [0.05, 0.1) is 4.92 Å². The SMILES string of the molecule is Cc1cccc(C(=O)OCC(=O)/C=C2\N(C)c3ccccc3C2(C)C)c1[N+](=O)[O-]. The Bertz CT molecular complexity index is 1040. The third-order valence-electron chi connectivity index (χ3n) is 5.22. The van der Waals surface area contributed by atoms with Crippen LogP contribution in [0.15, 0.2) is 54.2 Å². The van der Waals surface area contributed by atoms with E-state index in [9.17, 15) is 19.7 Å². The van der Waals surface area contributed by atoms with Crippen LogP contribution in [0.1, 0.15) is 35.3 Å². The van der Waals surface area contributed by atoms with Crippen LogP contribution in [-0.4, -0.2) is 30.3 Å². The zero-order valence-electron chi connectivity index (χ0n) is 16.8. The number of carbonyl (C=O) groups excluding carboxylic acids is 2. The average Bonchev–Trinajstić information content (AvgIpc) is 2.86. The highest BCUT2D eigenvalue weighted by Gasteiger charge is 2.38. The van der Waals surface area contributed by atoms with E-state index in [1.165, 1.54) is 18.2 Å². The molecule has 0 saturated carbocycles. The number of nitro groups is 1. The average molecular weight is 394 g/mol. The number of hydrogen-bond donors (Lipinski definition) is 0. The number of ketones is 1. The summed E-state index contributed by atoms with van der Waals surface area (Å²) in [5.41, 5.74) is 2.42. The summed E-state index contributed by atoms with van der Waals surface area (Å²) in [4.78, 5) is 37.4. The molecule has 0 aliphatic carbocycles. The van der Waals surface area contributed by atoms with Crippen LogP contribution >= 0.6 is 0 Å². The number of nitro benzene ring substituents is 1. The second-order valence-electron chi connectivity index (χ2n) is 7.50. The molecule has 0 spiro atoms. The molecule has 7 heteroatoms. The van der Waals surface area contributed by atoms with Crippen LogP contribution in [0, 0.1) is 17.0 Å². The Morgan fingerprint density at radius 2 is 1.86 bits per heavy atom. The van der Waals surface area contributed by atoms with E-state index < -0.39 is 23.3 Å². The maximum absolute atomic E-state index is 12.5. The van der Waals surface area contributed by atoms with Gasteiger partial charge in [0.25, 0.3) is 5.69 Å². The van der Waals surface area contributed by atoms with E-state index in [4.69, 9.17) is 4.74 Å². The monoisotopic (exact) mass is 394 g/mol. The molecular weight excluding hydrogens is 372 g/mol. The lowest BCUT2D eigenvalue weighted by Crippen LogP contribution is -2.25. The number of aryl methyl sites for hydroxylation is 1. The van der Waals surface area contributed by atoms with Gasteiger partial charge in [0.1, 0.15) is 5.56 Å². The lowest BCUT2D eigenvalue weighted by Gasteiger charge is -2.23. The largest absolute Gasteiger partial charge is 0.454 e. The minimum atomic E-state index is -0.894. The fraction of sp³-hybridized carbons (Fsp3) is 0.273. The topological polar surface area (TPSA) is 89.8 Å². The first-order chi connectivity index (χ1) is 13.6. The molecule has 0 unspecified atom stereocenters. The van der Waals surface area contributed by atoms with Gasteiger partial charge in [0, 0.05) is 35.5 Å². The Hall–Kier alpha value is -3.48. The third-order valence-corrected chi connectivity index (χ3v) is 5.22. The maximum Gasteiger partial charge on any atom is 0.345 e. The van der Waals surface area contributed by atoms with Gasteiger partial charge in [-0.1, -0.05) is 44.2 Å². The molecule has 29 heavy (non-hydrogen) atoms. The highest BCUT2D eigenvalue weighted by Crippen LogP contribution is 2.46. The van der Waals surface area contributed by atoms with Crippen LogP contribution in [0.2, 0.25) is 0 Å². The fourth-order valence-electron chi connectivity index (χ4n) is 3.73. The Labute approximate surface area is 168 Å². The molecule has 1 heterocycles. The predicted molar refractivity (Wildman–Crippen MR) is 109 cm³/mol. The second kappa shape index (κ2) is 7.50. The summed E-state index contributed by atoms with van der Waals surface area (Å²) in [6.45, 7) is 5.10. The zero-order valence-corrected chi connectivity index (χ0v) is 16.8. The number of anilines is 1. The summed E-state index contributed by atoms with van der Waals surface area (Å²) < 4.78 is 5.07. The summed E-state index contributed by atoms with van der Waals surface area (Å²) in [6, 6.07) is 12.3. The molecule has 0 N–H and O–H groups in total. The van der Waals surface area contributed by atoms with Gasteiger partial charge in [-0.05, 0) is 24.6 Å².